The van der Waals surface area contributed by atoms with Gasteiger partial charge in [0, 0.05) is 12.8 Å². The maximum atomic E-state index is 12.3. The number of hydrogen-bond donors (Lipinski definition) is 2. The van der Waals surface area contributed by atoms with E-state index in [1.165, 1.54) is 96.3 Å². The van der Waals surface area contributed by atoms with E-state index in [2.05, 4.69) is 30.5 Å². The molecular weight excluding hydrogens is 567 g/mol. The molecular formula is C34H65O8P. The van der Waals surface area contributed by atoms with Gasteiger partial charge in [-0.05, 0) is 38.5 Å². The van der Waals surface area contributed by atoms with Crippen molar-refractivity contribution in [2.24, 2.45) is 0 Å². The van der Waals surface area contributed by atoms with E-state index < -0.39 is 32.5 Å². The molecule has 0 rings (SSSR count). The Morgan fingerprint density at radius 2 is 0.977 bits per heavy atom. The number of ether oxygens (including phenoxy) is 2. The van der Waals surface area contributed by atoms with Gasteiger partial charge in [0.2, 0.25) is 0 Å². The molecule has 254 valence electrons. The number of allylic oxidation sites excluding steroid dienone is 2. The molecule has 0 amide bonds. The molecule has 0 aromatic heterocycles. The summed E-state index contributed by atoms with van der Waals surface area (Å²) in [6, 6.07) is 0. The number of rotatable bonds is 32. The first-order valence-electron chi connectivity index (χ1n) is 17.5. The van der Waals surface area contributed by atoms with E-state index in [4.69, 9.17) is 19.3 Å². The van der Waals surface area contributed by atoms with Crippen molar-refractivity contribution < 1.29 is 37.9 Å². The third kappa shape index (κ3) is 33.5. The molecule has 0 aliphatic carbocycles. The average molecular weight is 633 g/mol. The highest BCUT2D eigenvalue weighted by molar-refractivity contribution is 7.46. The van der Waals surface area contributed by atoms with E-state index >= 15 is 0 Å². The van der Waals surface area contributed by atoms with E-state index in [9.17, 15) is 14.2 Å². The minimum Gasteiger partial charge on any atom is -0.462 e. The van der Waals surface area contributed by atoms with Crippen LogP contribution in [0.15, 0.2) is 12.2 Å². The van der Waals surface area contributed by atoms with Gasteiger partial charge in [0.15, 0.2) is 6.10 Å². The topological polar surface area (TPSA) is 119 Å². The van der Waals surface area contributed by atoms with Crippen molar-refractivity contribution in [3.63, 3.8) is 0 Å². The number of carbonyl (C=O) groups excluding carboxylic acids is 2. The molecule has 0 aromatic rings. The van der Waals surface area contributed by atoms with Crippen LogP contribution in [0, 0.1) is 0 Å². The standard InChI is InChI=1S/C34H65O8P/c1-3-5-7-9-11-13-15-16-17-18-19-21-22-24-26-28-33(35)40-30-32(31-41-43(37,38)39)42-34(36)29-27-25-23-20-14-12-10-8-6-4-2/h19,21,32H,3-18,20,22-31H2,1-2H3,(H2,37,38,39)/b21-19+/t32-/m1/s1. The van der Waals surface area contributed by atoms with Crippen molar-refractivity contribution in [1.29, 1.82) is 0 Å². The van der Waals surface area contributed by atoms with E-state index in [1.54, 1.807) is 0 Å². The van der Waals surface area contributed by atoms with Crippen LogP contribution < -0.4 is 0 Å². The molecule has 0 aliphatic rings. The van der Waals surface area contributed by atoms with Gasteiger partial charge < -0.3 is 19.3 Å². The molecule has 0 spiro atoms. The van der Waals surface area contributed by atoms with Crippen molar-refractivity contribution in [2.45, 2.75) is 180 Å². The van der Waals surface area contributed by atoms with E-state index in [0.717, 1.165) is 38.5 Å². The van der Waals surface area contributed by atoms with Gasteiger partial charge in [0.05, 0.1) is 6.61 Å². The fourth-order valence-electron chi connectivity index (χ4n) is 4.90. The monoisotopic (exact) mass is 632 g/mol. The summed E-state index contributed by atoms with van der Waals surface area (Å²) in [6.45, 7) is 3.63. The molecule has 0 radical (unpaired) electrons. The van der Waals surface area contributed by atoms with Crippen LogP contribution in [-0.2, 0) is 28.2 Å². The lowest BCUT2D eigenvalue weighted by molar-refractivity contribution is -0.161. The normalized spacial score (nSPS) is 12.6. The highest BCUT2D eigenvalue weighted by Gasteiger charge is 2.22. The molecule has 0 aliphatic heterocycles. The number of phosphoric acid groups is 1. The van der Waals surface area contributed by atoms with E-state index in [1.807, 2.05) is 0 Å². The highest BCUT2D eigenvalue weighted by atomic mass is 31.2. The molecule has 9 heteroatoms. The summed E-state index contributed by atoms with van der Waals surface area (Å²) in [4.78, 5) is 42.5. The Morgan fingerprint density at radius 1 is 0.581 bits per heavy atom. The summed E-state index contributed by atoms with van der Waals surface area (Å²) in [6.07, 6.45) is 30.8. The third-order valence-electron chi connectivity index (χ3n) is 7.53. The SMILES string of the molecule is CCCCCCCCCCC/C=C/CCCCC(=O)OC[C@H](COP(=O)(O)O)OC(=O)CCCCCCCCCCCC. The van der Waals surface area contributed by atoms with E-state index in [0.29, 0.717) is 12.8 Å². The van der Waals surface area contributed by atoms with Crippen LogP contribution in [0.3, 0.4) is 0 Å². The van der Waals surface area contributed by atoms with Crippen LogP contribution in [-0.4, -0.2) is 41.0 Å². The Labute approximate surface area is 263 Å². The summed E-state index contributed by atoms with van der Waals surface area (Å²) in [5.41, 5.74) is 0. The number of hydrogen-bond acceptors (Lipinski definition) is 6. The Bertz CT molecular complexity index is 721. The summed E-state index contributed by atoms with van der Waals surface area (Å²) >= 11 is 0. The molecule has 2 N–H and O–H groups in total. The Balaban J connectivity index is 3.99. The summed E-state index contributed by atoms with van der Waals surface area (Å²) in [5.74, 6) is -0.908. The molecule has 0 aromatic carbocycles. The second kappa shape index (κ2) is 30.8. The van der Waals surface area contributed by atoms with Crippen LogP contribution in [0.1, 0.15) is 174 Å². The van der Waals surface area contributed by atoms with Crippen molar-refractivity contribution in [3.05, 3.63) is 12.2 Å². The molecule has 8 nitrogen and oxygen atoms in total. The average Bonchev–Trinajstić information content (AvgIpc) is 2.97. The van der Waals surface area contributed by atoms with Crippen LogP contribution in [0.25, 0.3) is 0 Å². The molecule has 0 unspecified atom stereocenters. The predicted octanol–water partition coefficient (Wildman–Crippen LogP) is 9.90. The van der Waals surface area contributed by atoms with Crippen LogP contribution >= 0.6 is 7.82 Å². The number of phosphoric ester groups is 1. The smallest absolute Gasteiger partial charge is 0.462 e. The first-order valence-corrected chi connectivity index (χ1v) is 19.0. The van der Waals surface area contributed by atoms with E-state index in [-0.39, 0.29) is 19.4 Å². The maximum Gasteiger partial charge on any atom is 0.469 e. The van der Waals surface area contributed by atoms with Crippen LogP contribution in [0.5, 0.6) is 0 Å². The Kier molecular flexibility index (Phi) is 29.9. The highest BCUT2D eigenvalue weighted by Crippen LogP contribution is 2.36. The third-order valence-corrected chi connectivity index (χ3v) is 8.02. The largest absolute Gasteiger partial charge is 0.469 e. The quantitative estimate of drug-likeness (QED) is 0.0325. The molecule has 0 saturated heterocycles. The van der Waals surface area contributed by atoms with Crippen LogP contribution in [0.4, 0.5) is 0 Å². The minimum absolute atomic E-state index is 0.212. The summed E-state index contributed by atoms with van der Waals surface area (Å²) in [5, 5.41) is 0. The van der Waals surface area contributed by atoms with Gasteiger partial charge in [-0.15, -0.1) is 0 Å². The summed E-state index contributed by atoms with van der Waals surface area (Å²) < 4.78 is 26.2. The van der Waals surface area contributed by atoms with Gasteiger partial charge in [-0.1, -0.05) is 135 Å². The minimum atomic E-state index is -4.74. The molecule has 0 saturated carbocycles. The molecule has 1 atom stereocenters. The number of carbonyl (C=O) groups is 2. The van der Waals surface area contributed by atoms with Crippen molar-refractivity contribution in [3.8, 4) is 0 Å². The zero-order valence-electron chi connectivity index (χ0n) is 27.6. The number of esters is 2. The lowest BCUT2D eigenvalue weighted by Crippen LogP contribution is -2.29. The summed E-state index contributed by atoms with van der Waals surface area (Å²) in [7, 11) is -4.74. The van der Waals surface area contributed by atoms with Gasteiger partial charge in [-0.25, -0.2) is 4.57 Å². The first-order chi connectivity index (χ1) is 20.8. The Hall–Kier alpha value is -1.21. The fourth-order valence-corrected chi connectivity index (χ4v) is 5.26. The van der Waals surface area contributed by atoms with Gasteiger partial charge in [-0.2, -0.15) is 0 Å². The predicted molar refractivity (Wildman–Crippen MR) is 175 cm³/mol. The molecule has 0 bridgehead atoms. The van der Waals surface area contributed by atoms with Crippen molar-refractivity contribution in [1.82, 2.24) is 0 Å². The fraction of sp³-hybridized carbons (Fsp3) is 0.882. The zero-order chi connectivity index (χ0) is 31.9. The Morgan fingerprint density at radius 3 is 1.47 bits per heavy atom. The van der Waals surface area contributed by atoms with Crippen LogP contribution in [0.2, 0.25) is 0 Å². The molecule has 0 fully saturated rings. The van der Waals surface area contributed by atoms with Crippen molar-refractivity contribution >= 4 is 19.8 Å². The molecule has 0 heterocycles. The lowest BCUT2D eigenvalue weighted by Gasteiger charge is -2.18. The van der Waals surface area contributed by atoms with Gasteiger partial charge in [0.25, 0.3) is 0 Å². The first kappa shape index (κ1) is 41.8. The number of unbranched alkanes of at least 4 members (excludes halogenated alkanes) is 20. The maximum absolute atomic E-state index is 12.3. The second-order valence-electron chi connectivity index (χ2n) is 11.8. The van der Waals surface area contributed by atoms with Gasteiger partial charge >= 0.3 is 19.8 Å². The van der Waals surface area contributed by atoms with Gasteiger partial charge in [0.1, 0.15) is 6.61 Å². The lowest BCUT2D eigenvalue weighted by atomic mass is 10.1. The van der Waals surface area contributed by atoms with Crippen molar-refractivity contribution in [2.75, 3.05) is 13.2 Å². The van der Waals surface area contributed by atoms with Gasteiger partial charge in [-0.3, -0.25) is 14.1 Å². The molecule has 43 heavy (non-hydrogen) atoms. The zero-order valence-corrected chi connectivity index (χ0v) is 28.5. The second-order valence-corrected chi connectivity index (χ2v) is 13.1.